The SMILES string of the molecule is CCC[C@H](NC(=O)c1ccc(-c2c(Cl)cccc2-c2nc3ccccc3[nH]2)c(C(=O)O)c1)c1ccc(F)cc1. The van der Waals surface area contributed by atoms with Crippen LogP contribution in [0.15, 0.2) is 84.9 Å². The predicted molar refractivity (Wildman–Crippen MR) is 150 cm³/mol. The molecular formula is C31H25ClFN3O3. The third-order valence-corrected chi connectivity index (χ3v) is 6.91. The molecule has 0 bridgehead atoms. The molecule has 6 nitrogen and oxygen atoms in total. The van der Waals surface area contributed by atoms with Crippen LogP contribution in [0, 0.1) is 5.82 Å². The number of carboxylic acid groups (broad SMARTS) is 1. The second-order valence-electron chi connectivity index (χ2n) is 9.20. The lowest BCUT2D eigenvalue weighted by molar-refractivity contribution is 0.0697. The second kappa shape index (κ2) is 11.1. The fourth-order valence-electron chi connectivity index (χ4n) is 4.70. The van der Waals surface area contributed by atoms with E-state index in [0.717, 1.165) is 23.0 Å². The number of amides is 1. The zero-order chi connectivity index (χ0) is 27.5. The normalized spacial score (nSPS) is 11.9. The summed E-state index contributed by atoms with van der Waals surface area (Å²) < 4.78 is 13.4. The number of aromatic amines is 1. The molecule has 0 aliphatic carbocycles. The van der Waals surface area contributed by atoms with Gasteiger partial charge in [0.2, 0.25) is 0 Å². The highest BCUT2D eigenvalue weighted by Crippen LogP contribution is 2.39. The Morgan fingerprint density at radius 3 is 2.49 bits per heavy atom. The summed E-state index contributed by atoms with van der Waals surface area (Å²) in [6.45, 7) is 1.99. The maximum atomic E-state index is 13.4. The van der Waals surface area contributed by atoms with Crippen LogP contribution in [0.2, 0.25) is 5.02 Å². The van der Waals surface area contributed by atoms with Crippen LogP contribution in [0.4, 0.5) is 4.39 Å². The molecule has 5 rings (SSSR count). The lowest BCUT2D eigenvalue weighted by Gasteiger charge is -2.19. The van der Waals surface area contributed by atoms with Gasteiger partial charge in [-0.3, -0.25) is 4.79 Å². The van der Waals surface area contributed by atoms with Crippen LogP contribution in [0.25, 0.3) is 33.5 Å². The minimum atomic E-state index is -1.20. The van der Waals surface area contributed by atoms with Crippen LogP contribution in [0.1, 0.15) is 52.1 Å². The van der Waals surface area contributed by atoms with Gasteiger partial charge < -0.3 is 15.4 Å². The summed E-state index contributed by atoms with van der Waals surface area (Å²) in [5, 5.41) is 13.5. The average molecular weight is 542 g/mol. The maximum absolute atomic E-state index is 13.4. The van der Waals surface area contributed by atoms with Crippen molar-refractivity contribution in [2.24, 2.45) is 0 Å². The fraction of sp³-hybridized carbons (Fsp3) is 0.129. The summed E-state index contributed by atoms with van der Waals surface area (Å²) in [7, 11) is 0. The molecule has 39 heavy (non-hydrogen) atoms. The number of nitrogens with one attached hydrogen (secondary N) is 2. The Kier molecular flexibility index (Phi) is 7.43. The summed E-state index contributed by atoms with van der Waals surface area (Å²) >= 11 is 6.63. The molecule has 0 fully saturated rings. The van der Waals surface area contributed by atoms with Crippen molar-refractivity contribution < 1.29 is 19.1 Å². The molecule has 1 atom stereocenters. The molecule has 0 unspecified atom stereocenters. The number of hydrogen-bond donors (Lipinski definition) is 3. The third kappa shape index (κ3) is 5.40. The molecule has 8 heteroatoms. The smallest absolute Gasteiger partial charge is 0.336 e. The monoisotopic (exact) mass is 541 g/mol. The summed E-state index contributed by atoms with van der Waals surface area (Å²) in [5.74, 6) is -1.43. The number of aromatic carboxylic acids is 1. The zero-order valence-corrected chi connectivity index (χ0v) is 21.8. The first kappa shape index (κ1) is 26.1. The molecule has 1 amide bonds. The van der Waals surface area contributed by atoms with Crippen molar-refractivity contribution in [3.63, 3.8) is 0 Å². The summed E-state index contributed by atoms with van der Waals surface area (Å²) in [5.41, 5.74) is 4.00. The summed E-state index contributed by atoms with van der Waals surface area (Å²) in [6, 6.07) is 23.0. The van der Waals surface area contributed by atoms with Crippen molar-refractivity contribution in [1.82, 2.24) is 15.3 Å². The van der Waals surface area contributed by atoms with Gasteiger partial charge in [0.25, 0.3) is 5.91 Å². The topological polar surface area (TPSA) is 95.1 Å². The number of rotatable bonds is 8. The highest BCUT2D eigenvalue weighted by atomic mass is 35.5. The Labute approximate surface area is 229 Å². The Hall–Kier alpha value is -4.49. The van der Waals surface area contributed by atoms with Gasteiger partial charge in [0.1, 0.15) is 11.6 Å². The minimum absolute atomic E-state index is 0.0677. The van der Waals surface area contributed by atoms with Gasteiger partial charge in [-0.05, 0) is 60.0 Å². The van der Waals surface area contributed by atoms with Gasteiger partial charge in [0.05, 0.1) is 22.6 Å². The molecule has 4 aromatic carbocycles. The molecule has 0 aliphatic heterocycles. The number of imidazole rings is 1. The lowest BCUT2D eigenvalue weighted by atomic mass is 9.93. The van der Waals surface area contributed by atoms with Gasteiger partial charge in [-0.25, -0.2) is 14.2 Å². The van der Waals surface area contributed by atoms with Gasteiger partial charge in [-0.1, -0.05) is 67.4 Å². The van der Waals surface area contributed by atoms with Crippen LogP contribution in [0.5, 0.6) is 0 Å². The molecule has 196 valence electrons. The van der Waals surface area contributed by atoms with Crippen molar-refractivity contribution in [2.75, 3.05) is 0 Å². The van der Waals surface area contributed by atoms with Gasteiger partial charge in [0, 0.05) is 21.7 Å². The Morgan fingerprint density at radius 1 is 1.00 bits per heavy atom. The van der Waals surface area contributed by atoms with Crippen LogP contribution < -0.4 is 5.32 Å². The Morgan fingerprint density at radius 2 is 1.77 bits per heavy atom. The standard InChI is InChI=1S/C31H25ClFN3O3/c1-2-6-25(18-11-14-20(33)15-12-18)36-30(37)19-13-16-21(23(17-19)31(38)39)28-22(7-5-8-24(28)32)29-34-26-9-3-4-10-27(26)35-29/h3-5,7-17,25H,2,6H2,1H3,(H,34,35)(H,36,37)(H,38,39)/t25-/m0/s1. The van der Waals surface area contributed by atoms with E-state index in [0.29, 0.717) is 34.0 Å². The van der Waals surface area contributed by atoms with E-state index in [-0.39, 0.29) is 23.0 Å². The molecular weight excluding hydrogens is 517 g/mol. The molecule has 0 radical (unpaired) electrons. The molecule has 0 spiro atoms. The van der Waals surface area contributed by atoms with Crippen molar-refractivity contribution >= 4 is 34.5 Å². The maximum Gasteiger partial charge on any atom is 0.336 e. The van der Waals surface area contributed by atoms with Crippen LogP contribution in [-0.4, -0.2) is 27.0 Å². The molecule has 0 saturated heterocycles. The molecule has 1 aromatic heterocycles. The number of benzene rings is 4. The molecule has 1 heterocycles. The number of carboxylic acids is 1. The van der Waals surface area contributed by atoms with Crippen LogP contribution in [0.3, 0.4) is 0 Å². The Balaban J connectivity index is 1.54. The molecule has 0 saturated carbocycles. The fourth-order valence-corrected chi connectivity index (χ4v) is 4.98. The number of nitrogens with zero attached hydrogens (tertiary/aromatic N) is 1. The summed E-state index contributed by atoms with van der Waals surface area (Å²) in [6.07, 6.45) is 1.43. The number of para-hydroxylation sites is 2. The number of H-pyrrole nitrogens is 1. The van der Waals surface area contributed by atoms with Gasteiger partial charge in [0.15, 0.2) is 0 Å². The number of fused-ring (bicyclic) bond motifs is 1. The van der Waals surface area contributed by atoms with Gasteiger partial charge >= 0.3 is 5.97 Å². The van der Waals surface area contributed by atoms with Crippen LogP contribution in [-0.2, 0) is 0 Å². The number of carbonyl (C=O) groups excluding carboxylic acids is 1. The van der Waals surface area contributed by atoms with Crippen molar-refractivity contribution in [3.8, 4) is 22.5 Å². The molecule has 3 N–H and O–H groups in total. The number of halogens is 2. The predicted octanol–water partition coefficient (Wildman–Crippen LogP) is 7.66. The van der Waals surface area contributed by atoms with Gasteiger partial charge in [-0.15, -0.1) is 0 Å². The molecule has 0 aliphatic rings. The van der Waals surface area contributed by atoms with Crippen molar-refractivity contribution in [2.45, 2.75) is 25.8 Å². The summed E-state index contributed by atoms with van der Waals surface area (Å²) in [4.78, 5) is 33.6. The van der Waals surface area contributed by atoms with Crippen LogP contribution >= 0.6 is 11.6 Å². The first-order valence-corrected chi connectivity index (χ1v) is 12.9. The Bertz CT molecular complexity index is 1650. The van der Waals surface area contributed by atoms with E-state index in [2.05, 4.69) is 15.3 Å². The van der Waals surface area contributed by atoms with E-state index in [1.807, 2.05) is 37.3 Å². The quantitative estimate of drug-likeness (QED) is 0.188. The zero-order valence-electron chi connectivity index (χ0n) is 21.0. The first-order chi connectivity index (χ1) is 18.9. The first-order valence-electron chi connectivity index (χ1n) is 12.5. The number of aromatic nitrogens is 2. The molecule has 5 aromatic rings. The van der Waals surface area contributed by atoms with E-state index in [1.54, 1.807) is 36.4 Å². The van der Waals surface area contributed by atoms with Crippen molar-refractivity contribution in [3.05, 3.63) is 112 Å². The second-order valence-corrected chi connectivity index (χ2v) is 9.60. The highest BCUT2D eigenvalue weighted by Gasteiger charge is 2.23. The minimum Gasteiger partial charge on any atom is -0.478 e. The highest BCUT2D eigenvalue weighted by molar-refractivity contribution is 6.34. The number of hydrogen-bond acceptors (Lipinski definition) is 3. The van der Waals surface area contributed by atoms with E-state index >= 15 is 0 Å². The third-order valence-electron chi connectivity index (χ3n) is 6.59. The van der Waals surface area contributed by atoms with Crippen molar-refractivity contribution in [1.29, 1.82) is 0 Å². The number of carbonyl (C=O) groups is 2. The lowest BCUT2D eigenvalue weighted by Crippen LogP contribution is -2.28. The van der Waals surface area contributed by atoms with E-state index < -0.39 is 11.9 Å². The van der Waals surface area contributed by atoms with Gasteiger partial charge in [-0.2, -0.15) is 0 Å². The van der Waals surface area contributed by atoms with E-state index in [1.165, 1.54) is 18.2 Å². The largest absolute Gasteiger partial charge is 0.478 e. The van der Waals surface area contributed by atoms with E-state index in [4.69, 9.17) is 11.6 Å². The van der Waals surface area contributed by atoms with E-state index in [9.17, 15) is 19.1 Å². The average Bonchev–Trinajstić information content (AvgIpc) is 3.37.